The van der Waals surface area contributed by atoms with Gasteiger partial charge >= 0.3 is 0 Å². The first-order valence-electron chi connectivity index (χ1n) is 6.82. The molecule has 1 aromatic rings. The summed E-state index contributed by atoms with van der Waals surface area (Å²) in [6, 6.07) is 0. The van der Waals surface area contributed by atoms with Crippen LogP contribution in [-0.4, -0.2) is 40.6 Å². The molecule has 0 aromatic carbocycles. The largest absolute Gasteiger partial charge is 0.336 e. The first kappa shape index (κ1) is 12.6. The van der Waals surface area contributed by atoms with E-state index in [2.05, 4.69) is 32.9 Å². The molecule has 0 radical (unpaired) electrons. The van der Waals surface area contributed by atoms with E-state index in [1.165, 1.54) is 32.4 Å². The maximum Gasteiger partial charge on any atom is 0.0950 e. The number of rotatable bonds is 7. The fourth-order valence-corrected chi connectivity index (χ4v) is 2.28. The molecule has 4 heteroatoms. The van der Waals surface area contributed by atoms with E-state index in [0.717, 1.165) is 31.9 Å². The predicted molar refractivity (Wildman–Crippen MR) is 69.9 cm³/mol. The normalized spacial score (nSPS) is 16.8. The summed E-state index contributed by atoms with van der Waals surface area (Å²) in [5.74, 6) is 0. The number of imidazole rings is 1. The lowest BCUT2D eigenvalue weighted by Crippen LogP contribution is -2.23. The molecule has 1 aliphatic heterocycles. The molecule has 2 heterocycles. The zero-order valence-corrected chi connectivity index (χ0v) is 10.9. The Morgan fingerprint density at radius 2 is 2.12 bits per heavy atom. The van der Waals surface area contributed by atoms with Gasteiger partial charge in [0.05, 0.1) is 12.0 Å². The van der Waals surface area contributed by atoms with Crippen molar-refractivity contribution in [3.8, 4) is 0 Å². The van der Waals surface area contributed by atoms with E-state index in [0.29, 0.717) is 0 Å². The van der Waals surface area contributed by atoms with Gasteiger partial charge in [0.2, 0.25) is 0 Å². The first-order valence-corrected chi connectivity index (χ1v) is 6.82. The van der Waals surface area contributed by atoms with Crippen molar-refractivity contribution in [2.24, 2.45) is 0 Å². The minimum Gasteiger partial charge on any atom is -0.336 e. The van der Waals surface area contributed by atoms with Crippen LogP contribution in [0, 0.1) is 0 Å². The van der Waals surface area contributed by atoms with Gasteiger partial charge in [-0.1, -0.05) is 6.92 Å². The van der Waals surface area contributed by atoms with E-state index in [9.17, 15) is 0 Å². The van der Waals surface area contributed by atoms with Crippen molar-refractivity contribution < 1.29 is 0 Å². The predicted octanol–water partition coefficient (Wildman–Crippen LogP) is 1.48. The van der Waals surface area contributed by atoms with Gasteiger partial charge in [0.15, 0.2) is 0 Å². The molecule has 96 valence electrons. The Kier molecular flexibility index (Phi) is 5.01. The van der Waals surface area contributed by atoms with Crippen LogP contribution in [0.15, 0.2) is 12.5 Å². The fraction of sp³-hybridized carbons (Fsp3) is 0.769. The maximum absolute atomic E-state index is 4.42. The Morgan fingerprint density at radius 1 is 1.29 bits per heavy atom. The average Bonchev–Trinajstić information content (AvgIpc) is 2.98. The summed E-state index contributed by atoms with van der Waals surface area (Å²) in [5, 5.41) is 3.38. The molecule has 0 bridgehead atoms. The van der Waals surface area contributed by atoms with Crippen molar-refractivity contribution in [3.63, 3.8) is 0 Å². The lowest BCUT2D eigenvalue weighted by molar-refractivity contribution is 0.322. The summed E-state index contributed by atoms with van der Waals surface area (Å²) < 4.78 is 2.21. The molecule has 0 saturated carbocycles. The molecular formula is C13H24N4. The zero-order valence-electron chi connectivity index (χ0n) is 10.9. The molecular weight excluding hydrogens is 212 g/mol. The van der Waals surface area contributed by atoms with E-state index in [1.807, 2.05) is 6.33 Å². The van der Waals surface area contributed by atoms with Gasteiger partial charge in [-0.2, -0.15) is 0 Å². The van der Waals surface area contributed by atoms with Crippen molar-refractivity contribution in [1.82, 2.24) is 19.8 Å². The minimum absolute atomic E-state index is 0.893. The molecule has 0 unspecified atom stereocenters. The Bertz CT molecular complexity index is 315. The van der Waals surface area contributed by atoms with Crippen LogP contribution in [0.1, 0.15) is 31.9 Å². The third-order valence-corrected chi connectivity index (χ3v) is 3.29. The molecule has 17 heavy (non-hydrogen) atoms. The second kappa shape index (κ2) is 6.77. The van der Waals surface area contributed by atoms with E-state index < -0.39 is 0 Å². The van der Waals surface area contributed by atoms with Crippen LogP contribution in [0.4, 0.5) is 0 Å². The average molecular weight is 236 g/mol. The second-order valence-corrected chi connectivity index (χ2v) is 4.83. The van der Waals surface area contributed by atoms with Crippen molar-refractivity contribution >= 4 is 0 Å². The summed E-state index contributed by atoms with van der Waals surface area (Å²) in [6.07, 6.45) is 8.04. The van der Waals surface area contributed by atoms with Gasteiger partial charge in [-0.3, -0.25) is 0 Å². The van der Waals surface area contributed by atoms with Crippen LogP contribution in [-0.2, 0) is 13.1 Å². The molecule has 2 rings (SSSR count). The fourth-order valence-electron chi connectivity index (χ4n) is 2.28. The summed E-state index contributed by atoms with van der Waals surface area (Å²) in [7, 11) is 0. The van der Waals surface area contributed by atoms with Gasteiger partial charge < -0.3 is 14.8 Å². The molecule has 4 nitrogen and oxygen atoms in total. The number of hydrogen-bond acceptors (Lipinski definition) is 3. The standard InChI is InChI=1S/C13H24N4/c1-2-5-14-10-13-11-17(12-15-13)9-8-16-6-3-4-7-16/h11-12,14H,2-10H2,1H3. The van der Waals surface area contributed by atoms with Gasteiger partial charge in [0.25, 0.3) is 0 Å². The van der Waals surface area contributed by atoms with Gasteiger partial charge in [0, 0.05) is 25.8 Å². The quantitative estimate of drug-likeness (QED) is 0.728. The minimum atomic E-state index is 0.893. The highest BCUT2D eigenvalue weighted by atomic mass is 15.2. The number of aromatic nitrogens is 2. The smallest absolute Gasteiger partial charge is 0.0950 e. The topological polar surface area (TPSA) is 33.1 Å². The zero-order chi connectivity index (χ0) is 11.9. The summed E-state index contributed by atoms with van der Waals surface area (Å²) >= 11 is 0. The molecule has 1 N–H and O–H groups in total. The third kappa shape index (κ3) is 4.13. The molecule has 0 atom stereocenters. The van der Waals surface area contributed by atoms with Gasteiger partial charge in [-0.15, -0.1) is 0 Å². The Labute approximate surface area is 104 Å². The van der Waals surface area contributed by atoms with Crippen LogP contribution in [0.3, 0.4) is 0 Å². The van der Waals surface area contributed by atoms with Crippen LogP contribution in [0.2, 0.25) is 0 Å². The summed E-state index contributed by atoms with van der Waals surface area (Å²) in [5.41, 5.74) is 1.15. The van der Waals surface area contributed by atoms with Crippen LogP contribution in [0.25, 0.3) is 0 Å². The van der Waals surface area contributed by atoms with E-state index in [1.54, 1.807) is 0 Å². The Morgan fingerprint density at radius 3 is 2.88 bits per heavy atom. The molecule has 1 fully saturated rings. The monoisotopic (exact) mass is 236 g/mol. The van der Waals surface area contributed by atoms with Crippen LogP contribution in [0.5, 0.6) is 0 Å². The van der Waals surface area contributed by atoms with Crippen molar-refractivity contribution in [2.45, 2.75) is 39.3 Å². The summed E-state index contributed by atoms with van der Waals surface area (Å²) in [4.78, 5) is 6.95. The highest BCUT2D eigenvalue weighted by molar-refractivity contribution is 4.96. The van der Waals surface area contributed by atoms with Crippen LogP contribution < -0.4 is 5.32 Å². The number of nitrogens with one attached hydrogen (secondary N) is 1. The van der Waals surface area contributed by atoms with Crippen molar-refractivity contribution in [1.29, 1.82) is 0 Å². The van der Waals surface area contributed by atoms with Gasteiger partial charge in [-0.05, 0) is 38.9 Å². The highest BCUT2D eigenvalue weighted by Gasteiger charge is 2.10. The highest BCUT2D eigenvalue weighted by Crippen LogP contribution is 2.07. The maximum atomic E-state index is 4.42. The Hall–Kier alpha value is -0.870. The van der Waals surface area contributed by atoms with E-state index in [4.69, 9.17) is 0 Å². The number of likely N-dealkylation sites (tertiary alicyclic amines) is 1. The molecule has 1 aromatic heterocycles. The molecule has 1 aliphatic rings. The molecule has 0 spiro atoms. The van der Waals surface area contributed by atoms with Gasteiger partial charge in [-0.25, -0.2) is 4.98 Å². The molecule has 0 aliphatic carbocycles. The van der Waals surface area contributed by atoms with Gasteiger partial charge in [0.1, 0.15) is 0 Å². The van der Waals surface area contributed by atoms with E-state index in [-0.39, 0.29) is 0 Å². The van der Waals surface area contributed by atoms with Crippen molar-refractivity contribution in [2.75, 3.05) is 26.2 Å². The molecule has 1 saturated heterocycles. The number of nitrogens with zero attached hydrogens (tertiary/aromatic N) is 3. The third-order valence-electron chi connectivity index (χ3n) is 3.29. The number of hydrogen-bond donors (Lipinski definition) is 1. The first-order chi connectivity index (χ1) is 8.38. The van der Waals surface area contributed by atoms with Crippen molar-refractivity contribution in [3.05, 3.63) is 18.2 Å². The Balaban J connectivity index is 1.69. The lowest BCUT2D eigenvalue weighted by Gasteiger charge is -2.14. The summed E-state index contributed by atoms with van der Waals surface area (Å²) in [6.45, 7) is 8.94. The van der Waals surface area contributed by atoms with E-state index >= 15 is 0 Å². The lowest BCUT2D eigenvalue weighted by atomic mass is 10.4. The SMILES string of the molecule is CCCNCc1cn(CCN2CCCC2)cn1. The van der Waals surface area contributed by atoms with Crippen LogP contribution >= 0.6 is 0 Å². The molecule has 0 amide bonds. The second-order valence-electron chi connectivity index (χ2n) is 4.83.